The second-order valence-electron chi connectivity index (χ2n) is 6.20. The molecule has 0 spiro atoms. The molecule has 2 aliphatic rings. The summed E-state index contributed by atoms with van der Waals surface area (Å²) in [5.41, 5.74) is 2.30. The van der Waals surface area contributed by atoms with Crippen LogP contribution in [0.3, 0.4) is 0 Å². The van der Waals surface area contributed by atoms with Gasteiger partial charge in [-0.3, -0.25) is 14.7 Å². The number of carbonyl (C=O) groups excluding carboxylic acids is 1. The molecule has 0 N–H and O–H groups in total. The molecule has 0 bridgehead atoms. The van der Waals surface area contributed by atoms with Crippen molar-refractivity contribution in [1.82, 2.24) is 9.88 Å². The highest BCUT2D eigenvalue weighted by molar-refractivity contribution is 5.98. The first-order valence-corrected chi connectivity index (χ1v) is 7.79. The average Bonchev–Trinajstić information content (AvgIpc) is 3.08. The fourth-order valence-corrected chi connectivity index (χ4v) is 3.67. The highest BCUT2D eigenvalue weighted by Crippen LogP contribution is 2.35. The van der Waals surface area contributed by atoms with E-state index in [9.17, 15) is 4.79 Å². The quantitative estimate of drug-likeness (QED) is 0.870. The molecule has 4 heteroatoms. The monoisotopic (exact) mass is 293 g/mol. The maximum absolute atomic E-state index is 12.7. The Morgan fingerprint density at radius 1 is 1.00 bits per heavy atom. The molecule has 1 amide bonds. The van der Waals surface area contributed by atoms with Gasteiger partial charge in [-0.2, -0.15) is 0 Å². The predicted molar refractivity (Wildman–Crippen MR) is 85.3 cm³/mol. The minimum atomic E-state index is 0.155. The van der Waals surface area contributed by atoms with Gasteiger partial charge in [-0.15, -0.1) is 0 Å². The van der Waals surface area contributed by atoms with Crippen LogP contribution >= 0.6 is 0 Å². The van der Waals surface area contributed by atoms with Crippen LogP contribution in [0.5, 0.6) is 0 Å². The molecule has 2 aromatic rings. The highest BCUT2D eigenvalue weighted by atomic mass is 16.2. The summed E-state index contributed by atoms with van der Waals surface area (Å²) >= 11 is 0. The largest absolute Gasteiger partial charge is 0.312 e. The van der Waals surface area contributed by atoms with Gasteiger partial charge >= 0.3 is 0 Å². The lowest BCUT2D eigenvalue weighted by Gasteiger charge is -2.21. The van der Waals surface area contributed by atoms with Gasteiger partial charge in [0, 0.05) is 50.2 Å². The molecule has 4 rings (SSSR count). The van der Waals surface area contributed by atoms with Gasteiger partial charge in [0.15, 0.2) is 0 Å². The van der Waals surface area contributed by atoms with Crippen molar-refractivity contribution < 1.29 is 4.79 Å². The molecule has 2 atom stereocenters. The van der Waals surface area contributed by atoms with Crippen LogP contribution in [0.25, 0.3) is 0 Å². The first kappa shape index (κ1) is 13.5. The van der Waals surface area contributed by atoms with Crippen molar-refractivity contribution in [2.24, 2.45) is 11.8 Å². The fraction of sp³-hybridized carbons (Fsp3) is 0.333. The smallest absolute Gasteiger partial charge is 0.231 e. The highest BCUT2D eigenvalue weighted by Gasteiger charge is 2.46. The van der Waals surface area contributed by atoms with E-state index in [0.717, 1.165) is 31.9 Å². The lowest BCUT2D eigenvalue weighted by molar-refractivity contribution is -0.120. The molecular weight excluding hydrogens is 274 g/mol. The number of benzene rings is 1. The van der Waals surface area contributed by atoms with Crippen LogP contribution in [-0.2, 0) is 11.3 Å². The van der Waals surface area contributed by atoms with Gasteiger partial charge in [0.1, 0.15) is 0 Å². The van der Waals surface area contributed by atoms with Crippen molar-refractivity contribution in [2.45, 2.75) is 6.54 Å². The second-order valence-corrected chi connectivity index (χ2v) is 6.20. The van der Waals surface area contributed by atoms with Gasteiger partial charge in [-0.25, -0.2) is 0 Å². The zero-order valence-electron chi connectivity index (χ0n) is 12.4. The lowest BCUT2D eigenvalue weighted by Crippen LogP contribution is -2.32. The van der Waals surface area contributed by atoms with E-state index in [0.29, 0.717) is 5.92 Å². The molecule has 0 saturated carbocycles. The van der Waals surface area contributed by atoms with E-state index in [1.165, 1.54) is 5.56 Å². The number of pyridine rings is 1. The van der Waals surface area contributed by atoms with Gasteiger partial charge in [0.2, 0.25) is 5.91 Å². The molecule has 4 nitrogen and oxygen atoms in total. The van der Waals surface area contributed by atoms with Crippen molar-refractivity contribution in [2.75, 3.05) is 24.5 Å². The standard InChI is InChI=1S/C18H19N3O/c22-18-17-13-20(10-14-6-8-19-9-7-14)11-15(17)12-21(18)16-4-2-1-3-5-16/h1-9,15,17H,10-13H2/t15-,17-/m1/s1. The van der Waals surface area contributed by atoms with E-state index in [1.54, 1.807) is 0 Å². The van der Waals surface area contributed by atoms with E-state index in [4.69, 9.17) is 0 Å². The molecule has 2 fully saturated rings. The lowest BCUT2D eigenvalue weighted by atomic mass is 10.0. The zero-order valence-corrected chi connectivity index (χ0v) is 12.4. The molecule has 1 aromatic carbocycles. The van der Waals surface area contributed by atoms with Gasteiger partial charge in [0.25, 0.3) is 0 Å². The van der Waals surface area contributed by atoms with Crippen molar-refractivity contribution in [3.8, 4) is 0 Å². The van der Waals surface area contributed by atoms with Gasteiger partial charge in [0.05, 0.1) is 5.92 Å². The topological polar surface area (TPSA) is 36.4 Å². The molecular formula is C18H19N3O. The van der Waals surface area contributed by atoms with E-state index in [-0.39, 0.29) is 11.8 Å². The first-order valence-electron chi connectivity index (χ1n) is 7.79. The van der Waals surface area contributed by atoms with Crippen LogP contribution in [0.2, 0.25) is 0 Å². The summed E-state index contributed by atoms with van der Waals surface area (Å²) in [5, 5.41) is 0. The molecule has 0 radical (unpaired) electrons. The summed E-state index contributed by atoms with van der Waals surface area (Å²) in [4.78, 5) is 21.1. The van der Waals surface area contributed by atoms with Crippen LogP contribution in [0.4, 0.5) is 5.69 Å². The van der Waals surface area contributed by atoms with Gasteiger partial charge in [-0.1, -0.05) is 18.2 Å². The Morgan fingerprint density at radius 3 is 2.50 bits per heavy atom. The van der Waals surface area contributed by atoms with Gasteiger partial charge in [-0.05, 0) is 29.8 Å². The van der Waals surface area contributed by atoms with Crippen molar-refractivity contribution >= 4 is 11.6 Å². The fourth-order valence-electron chi connectivity index (χ4n) is 3.67. The van der Waals surface area contributed by atoms with Crippen LogP contribution in [0, 0.1) is 11.8 Å². The molecule has 1 aromatic heterocycles. The molecule has 3 heterocycles. The second kappa shape index (κ2) is 5.54. The number of carbonyl (C=O) groups is 1. The minimum Gasteiger partial charge on any atom is -0.312 e. The summed E-state index contributed by atoms with van der Waals surface area (Å²) in [6.45, 7) is 3.63. The summed E-state index contributed by atoms with van der Waals surface area (Å²) in [7, 11) is 0. The predicted octanol–water partition coefficient (Wildman–Crippen LogP) is 2.18. The number of anilines is 1. The van der Waals surface area contributed by atoms with Crippen LogP contribution in [0.1, 0.15) is 5.56 Å². The van der Waals surface area contributed by atoms with Crippen LogP contribution in [-0.4, -0.2) is 35.4 Å². The minimum absolute atomic E-state index is 0.155. The SMILES string of the molecule is O=C1[C@@H]2CN(Cc3ccncc3)C[C@@H]2CN1c1ccccc1. The van der Waals surface area contributed by atoms with Crippen molar-refractivity contribution in [1.29, 1.82) is 0 Å². The number of fused-ring (bicyclic) bond motifs is 1. The Balaban J connectivity index is 1.44. The number of nitrogens with zero attached hydrogens (tertiary/aromatic N) is 3. The Labute approximate surface area is 130 Å². The maximum Gasteiger partial charge on any atom is 0.231 e. The normalized spacial score (nSPS) is 24.7. The molecule has 112 valence electrons. The third-order valence-electron chi connectivity index (χ3n) is 4.74. The summed E-state index contributed by atoms with van der Waals surface area (Å²) in [6.07, 6.45) is 3.66. The summed E-state index contributed by atoms with van der Waals surface area (Å²) < 4.78 is 0. The van der Waals surface area contributed by atoms with E-state index < -0.39 is 0 Å². The Morgan fingerprint density at radius 2 is 1.77 bits per heavy atom. The van der Waals surface area contributed by atoms with E-state index in [2.05, 4.69) is 9.88 Å². The third kappa shape index (κ3) is 2.40. The number of likely N-dealkylation sites (tertiary alicyclic amines) is 1. The Kier molecular flexibility index (Phi) is 3.39. The third-order valence-corrected chi connectivity index (χ3v) is 4.74. The van der Waals surface area contributed by atoms with Gasteiger partial charge < -0.3 is 4.90 Å². The zero-order chi connectivity index (χ0) is 14.9. The number of hydrogen-bond donors (Lipinski definition) is 0. The molecule has 2 aliphatic heterocycles. The number of amides is 1. The van der Waals surface area contributed by atoms with Crippen molar-refractivity contribution in [3.63, 3.8) is 0 Å². The average molecular weight is 293 g/mol. The number of rotatable bonds is 3. The summed E-state index contributed by atoms with van der Waals surface area (Å²) in [6, 6.07) is 14.1. The maximum atomic E-state index is 12.7. The summed E-state index contributed by atoms with van der Waals surface area (Å²) in [5.74, 6) is 0.894. The molecule has 0 aliphatic carbocycles. The number of para-hydroxylation sites is 1. The Hall–Kier alpha value is -2.20. The van der Waals surface area contributed by atoms with Crippen LogP contribution in [0.15, 0.2) is 54.9 Å². The molecule has 0 unspecified atom stereocenters. The van der Waals surface area contributed by atoms with E-state index >= 15 is 0 Å². The van der Waals surface area contributed by atoms with Crippen LogP contribution < -0.4 is 4.90 Å². The number of hydrogen-bond acceptors (Lipinski definition) is 3. The van der Waals surface area contributed by atoms with Crippen molar-refractivity contribution in [3.05, 3.63) is 60.4 Å². The number of aromatic nitrogens is 1. The Bertz CT molecular complexity index is 659. The van der Waals surface area contributed by atoms with E-state index in [1.807, 2.05) is 59.8 Å². The molecule has 22 heavy (non-hydrogen) atoms. The first-order chi connectivity index (χ1) is 10.8. The molecule has 2 saturated heterocycles.